The molecule has 10 N–H and O–H groups in total. The highest BCUT2D eigenvalue weighted by Gasteiger charge is 2.63. The fourth-order valence-electron chi connectivity index (χ4n) is 12.1. The smallest absolute Gasteiger partial charge is 0.336 e. The van der Waals surface area contributed by atoms with Gasteiger partial charge in [-0.15, -0.1) is 0 Å². The molecule has 56 heavy (non-hydrogen) atoms. The molecule has 21 atom stereocenters. The molecule has 0 amide bonds. The molecule has 5 unspecified atom stereocenters. The molecule has 0 aromatic carbocycles. The molecule has 3 aliphatic heterocycles. The van der Waals surface area contributed by atoms with Gasteiger partial charge in [0.15, 0.2) is 12.6 Å². The Balaban J connectivity index is 1.01. The van der Waals surface area contributed by atoms with Crippen LogP contribution in [0.15, 0.2) is 22.8 Å². The van der Waals surface area contributed by atoms with Crippen LogP contribution in [0.25, 0.3) is 0 Å². The minimum absolute atomic E-state index is 0.0427. The summed E-state index contributed by atoms with van der Waals surface area (Å²) in [6, 6.07) is 0. The van der Waals surface area contributed by atoms with Crippen molar-refractivity contribution < 1.29 is 79.5 Å². The number of hydrogen-bond donors (Lipinski definition) is 10. The lowest BCUT2D eigenvalue weighted by Crippen LogP contribution is -2.63. The molecular weight excluding hydrogens is 736 g/mol. The zero-order valence-corrected chi connectivity index (χ0v) is 32.5. The van der Waals surface area contributed by atoms with Crippen LogP contribution in [0.2, 0.25) is 0 Å². The predicted molar refractivity (Wildman–Crippen MR) is 193 cm³/mol. The van der Waals surface area contributed by atoms with E-state index in [1.807, 2.05) is 19.9 Å². The van der Waals surface area contributed by atoms with E-state index in [-0.39, 0.29) is 48.2 Å². The Kier molecular flexibility index (Phi) is 12.2. The van der Waals surface area contributed by atoms with E-state index in [9.17, 15) is 55.9 Å². The largest absolute Gasteiger partial charge is 0.458 e. The Labute approximate surface area is 326 Å². The first-order chi connectivity index (χ1) is 26.5. The normalized spacial score (nSPS) is 51.4. The maximum atomic E-state index is 13.4. The second-order valence-electron chi connectivity index (χ2n) is 18.1. The summed E-state index contributed by atoms with van der Waals surface area (Å²) < 4.78 is 28.7. The van der Waals surface area contributed by atoms with Crippen LogP contribution in [0.3, 0.4) is 0 Å². The fraction of sp³-hybridized carbons (Fsp3) is 0.875. The highest BCUT2D eigenvalue weighted by Crippen LogP contribution is 2.67. The average Bonchev–Trinajstić information content (AvgIpc) is 3.53. The summed E-state index contributed by atoms with van der Waals surface area (Å²) in [4.78, 5) is 13.4. The second-order valence-corrected chi connectivity index (χ2v) is 18.1. The third-order valence-corrected chi connectivity index (χ3v) is 15.5. The average molecular weight is 799 g/mol. The number of aliphatic hydroxyl groups excluding tert-OH is 10. The van der Waals surface area contributed by atoms with Gasteiger partial charge in [-0.05, 0) is 79.6 Å². The Hall–Kier alpha value is -1.61. The van der Waals surface area contributed by atoms with Crippen LogP contribution in [0, 0.1) is 40.4 Å². The summed E-state index contributed by atoms with van der Waals surface area (Å²) in [6.07, 6.45) is -10.8. The molecule has 2 saturated heterocycles. The first-order valence-electron chi connectivity index (χ1n) is 20.3. The maximum Gasteiger partial charge on any atom is 0.336 e. The molecule has 4 aliphatic carbocycles. The van der Waals surface area contributed by atoms with Crippen LogP contribution in [0.5, 0.6) is 0 Å². The van der Waals surface area contributed by atoms with Gasteiger partial charge in [0, 0.05) is 18.3 Å². The van der Waals surface area contributed by atoms with Crippen molar-refractivity contribution in [2.75, 3.05) is 19.8 Å². The number of hydrogen-bond acceptors (Lipinski definition) is 16. The van der Waals surface area contributed by atoms with E-state index in [1.165, 1.54) is 0 Å². The lowest BCUT2D eigenvalue weighted by molar-refractivity contribution is -0.321. The van der Waals surface area contributed by atoms with E-state index in [2.05, 4.69) is 13.8 Å². The summed E-state index contributed by atoms with van der Waals surface area (Å²) in [5.41, 5.74) is 1.01. The Morgan fingerprint density at radius 1 is 0.839 bits per heavy atom. The molecule has 0 spiro atoms. The Bertz CT molecular complexity index is 1500. The van der Waals surface area contributed by atoms with Crippen molar-refractivity contribution in [3.05, 3.63) is 22.8 Å². The van der Waals surface area contributed by atoms with Crippen molar-refractivity contribution >= 4 is 5.97 Å². The summed E-state index contributed by atoms with van der Waals surface area (Å²) in [5.74, 6) is 0.482. The van der Waals surface area contributed by atoms with Gasteiger partial charge in [0.2, 0.25) is 0 Å². The number of allylic oxidation sites excluding steroid dienone is 1. The molecule has 0 aromatic rings. The van der Waals surface area contributed by atoms with Gasteiger partial charge < -0.3 is 74.7 Å². The standard InChI is InChI=1S/C40H62O16/c1-16-11-24(53-36(51)19(16)15-52-37-34(49)32(47)30(45)26(13-41)55-37)17(2)20-7-8-21-18-5-6-23-29(44)25(54-38-35(50)33(48)31(46)27(14-42)56-38)12-28(43)40(23,4)22(18)9-10-39(20,21)3/h6,17-18,20-22,24-35,37-38,41-50H,5,7-15H2,1-4H3/t17-,18?,20?,21?,22?,24?,25-,26+,27+,28-,29+,30+,31+,32-,33-,34+,35+,37+,38+,39+,40+/m0/s1. The van der Waals surface area contributed by atoms with Crippen LogP contribution in [0.1, 0.15) is 72.6 Å². The Morgan fingerprint density at radius 3 is 2.09 bits per heavy atom. The van der Waals surface area contributed by atoms with Gasteiger partial charge in [0.1, 0.15) is 61.0 Å². The first-order valence-corrected chi connectivity index (χ1v) is 20.3. The van der Waals surface area contributed by atoms with Gasteiger partial charge in [-0.3, -0.25) is 0 Å². The number of aliphatic hydroxyl groups is 10. The molecule has 16 nitrogen and oxygen atoms in total. The molecule has 5 fully saturated rings. The molecule has 318 valence electrons. The van der Waals surface area contributed by atoms with Crippen molar-refractivity contribution in [3.8, 4) is 0 Å². The third kappa shape index (κ3) is 6.92. The summed E-state index contributed by atoms with van der Waals surface area (Å²) in [7, 11) is 0. The molecule has 0 aromatic heterocycles. The predicted octanol–water partition coefficient (Wildman–Crippen LogP) is -1.22. The van der Waals surface area contributed by atoms with Crippen LogP contribution in [-0.4, -0.2) is 163 Å². The highest BCUT2D eigenvalue weighted by atomic mass is 16.7. The van der Waals surface area contributed by atoms with Gasteiger partial charge in [-0.25, -0.2) is 4.79 Å². The molecule has 16 heteroatoms. The lowest BCUT2D eigenvalue weighted by Gasteiger charge is -2.60. The van der Waals surface area contributed by atoms with Crippen LogP contribution < -0.4 is 0 Å². The van der Waals surface area contributed by atoms with E-state index in [1.54, 1.807) is 0 Å². The fourth-order valence-corrected chi connectivity index (χ4v) is 12.1. The number of esters is 1. The topological polar surface area (TPSA) is 266 Å². The van der Waals surface area contributed by atoms with E-state index in [0.29, 0.717) is 29.9 Å². The van der Waals surface area contributed by atoms with Crippen molar-refractivity contribution in [2.45, 2.75) is 158 Å². The van der Waals surface area contributed by atoms with Crippen LogP contribution in [-0.2, 0) is 28.5 Å². The number of fused-ring (bicyclic) bond motifs is 5. The second kappa shape index (κ2) is 16.1. The van der Waals surface area contributed by atoms with Crippen LogP contribution in [0.4, 0.5) is 0 Å². The monoisotopic (exact) mass is 798 g/mol. The number of cyclic esters (lactones) is 1. The van der Waals surface area contributed by atoms with Crippen molar-refractivity contribution in [2.24, 2.45) is 40.4 Å². The highest BCUT2D eigenvalue weighted by molar-refractivity contribution is 5.90. The zero-order chi connectivity index (χ0) is 40.6. The lowest BCUT2D eigenvalue weighted by atomic mass is 9.46. The maximum absolute atomic E-state index is 13.4. The summed E-state index contributed by atoms with van der Waals surface area (Å²) in [5, 5.41) is 104. The van der Waals surface area contributed by atoms with E-state index in [0.717, 1.165) is 31.3 Å². The number of ether oxygens (including phenoxy) is 5. The van der Waals surface area contributed by atoms with E-state index in [4.69, 9.17) is 23.7 Å². The van der Waals surface area contributed by atoms with Crippen molar-refractivity contribution in [1.29, 1.82) is 0 Å². The summed E-state index contributed by atoms with van der Waals surface area (Å²) in [6.45, 7) is 6.95. The van der Waals surface area contributed by atoms with Gasteiger partial charge >= 0.3 is 5.97 Å². The third-order valence-electron chi connectivity index (χ3n) is 15.5. The number of carbonyl (C=O) groups is 1. The van der Waals surface area contributed by atoms with E-state index < -0.39 is 104 Å². The quantitative estimate of drug-likeness (QED) is 0.0968. The van der Waals surface area contributed by atoms with Gasteiger partial charge in [-0.1, -0.05) is 32.4 Å². The molecule has 3 saturated carbocycles. The van der Waals surface area contributed by atoms with E-state index >= 15 is 0 Å². The van der Waals surface area contributed by atoms with Gasteiger partial charge in [0.05, 0.1) is 37.6 Å². The molecule has 3 heterocycles. The van der Waals surface area contributed by atoms with Crippen molar-refractivity contribution in [1.82, 2.24) is 0 Å². The van der Waals surface area contributed by atoms with Crippen molar-refractivity contribution in [3.63, 3.8) is 0 Å². The first kappa shape index (κ1) is 42.5. The minimum atomic E-state index is -1.62. The molecule has 7 rings (SSSR count). The SMILES string of the molecule is CC1=C(CO[C@@H]2O[C@H](CO)[C@@H](O)[C@H](O)[C@H]2O)C(=O)OC([C@@H](C)C2CCC3C4CC=C5[C@@H](O)[C@@H](O[C@@H]6O[C@H](CO)[C@@H](O)[C@H](O)[C@H]6O)C[C@H](O)[C@]5(C)C4CC[C@@]32C)C1. The minimum Gasteiger partial charge on any atom is -0.458 e. The molecular formula is C40H62O16. The number of carbonyl (C=O) groups excluding carboxylic acids is 1. The van der Waals surface area contributed by atoms with Crippen LogP contribution >= 0.6 is 0 Å². The molecule has 7 aliphatic rings. The molecule has 0 bridgehead atoms. The van der Waals surface area contributed by atoms with Gasteiger partial charge in [0.25, 0.3) is 0 Å². The zero-order valence-electron chi connectivity index (χ0n) is 32.5. The number of rotatable bonds is 9. The summed E-state index contributed by atoms with van der Waals surface area (Å²) >= 11 is 0. The molecule has 0 radical (unpaired) electrons. The Morgan fingerprint density at radius 2 is 1.46 bits per heavy atom. The van der Waals surface area contributed by atoms with Gasteiger partial charge in [-0.2, -0.15) is 0 Å².